The third-order valence-corrected chi connectivity index (χ3v) is 4.13. The molecule has 1 amide bonds. The highest BCUT2D eigenvalue weighted by atomic mass is 79.9. The SMILES string of the molecule is CC(C)NCc1ccc(N2CCOCC2C(N)=O)c(Br)c1. The molecule has 0 saturated carbocycles. The molecule has 0 aromatic heterocycles. The average molecular weight is 356 g/mol. The van der Waals surface area contributed by atoms with E-state index in [1.54, 1.807) is 0 Å². The second-order valence-electron chi connectivity index (χ2n) is 5.51. The van der Waals surface area contributed by atoms with Gasteiger partial charge in [-0.15, -0.1) is 0 Å². The van der Waals surface area contributed by atoms with Gasteiger partial charge in [0.2, 0.25) is 5.91 Å². The zero-order valence-electron chi connectivity index (χ0n) is 12.4. The number of anilines is 1. The molecule has 0 radical (unpaired) electrons. The van der Waals surface area contributed by atoms with E-state index in [-0.39, 0.29) is 5.91 Å². The normalized spacial score (nSPS) is 19.0. The molecule has 1 aromatic rings. The van der Waals surface area contributed by atoms with E-state index in [9.17, 15) is 4.79 Å². The summed E-state index contributed by atoms with van der Waals surface area (Å²) < 4.78 is 6.33. The van der Waals surface area contributed by atoms with E-state index < -0.39 is 6.04 Å². The molecule has 5 nitrogen and oxygen atoms in total. The number of morpholine rings is 1. The van der Waals surface area contributed by atoms with Crippen molar-refractivity contribution in [1.29, 1.82) is 0 Å². The van der Waals surface area contributed by atoms with Gasteiger partial charge in [-0.25, -0.2) is 0 Å². The number of carbonyl (C=O) groups excluding carboxylic acids is 1. The minimum absolute atomic E-state index is 0.346. The van der Waals surface area contributed by atoms with Crippen molar-refractivity contribution in [3.63, 3.8) is 0 Å². The van der Waals surface area contributed by atoms with Crippen LogP contribution in [0, 0.1) is 0 Å². The number of nitrogens with zero attached hydrogens (tertiary/aromatic N) is 1. The van der Waals surface area contributed by atoms with Crippen LogP contribution in [0.4, 0.5) is 5.69 Å². The lowest BCUT2D eigenvalue weighted by Gasteiger charge is -2.36. The number of primary amides is 1. The summed E-state index contributed by atoms with van der Waals surface area (Å²) >= 11 is 3.60. The molecular weight excluding hydrogens is 334 g/mol. The van der Waals surface area contributed by atoms with Crippen molar-refractivity contribution in [2.24, 2.45) is 5.73 Å². The van der Waals surface area contributed by atoms with Gasteiger partial charge in [0.1, 0.15) is 6.04 Å². The lowest BCUT2D eigenvalue weighted by Crippen LogP contribution is -2.52. The maximum atomic E-state index is 11.6. The maximum Gasteiger partial charge on any atom is 0.242 e. The molecule has 1 heterocycles. The third-order valence-electron chi connectivity index (χ3n) is 3.49. The van der Waals surface area contributed by atoms with Gasteiger partial charge >= 0.3 is 0 Å². The fraction of sp³-hybridized carbons (Fsp3) is 0.533. The highest BCUT2D eigenvalue weighted by Crippen LogP contribution is 2.30. The second kappa shape index (κ2) is 7.24. The smallest absolute Gasteiger partial charge is 0.242 e. The molecule has 6 heteroatoms. The number of carbonyl (C=O) groups is 1. The highest BCUT2D eigenvalue weighted by molar-refractivity contribution is 9.10. The van der Waals surface area contributed by atoms with E-state index >= 15 is 0 Å². The minimum Gasteiger partial charge on any atom is -0.377 e. The fourth-order valence-corrected chi connectivity index (χ4v) is 3.00. The lowest BCUT2D eigenvalue weighted by atomic mass is 10.1. The fourth-order valence-electron chi connectivity index (χ4n) is 2.34. The van der Waals surface area contributed by atoms with Gasteiger partial charge in [-0.3, -0.25) is 4.79 Å². The summed E-state index contributed by atoms with van der Waals surface area (Å²) in [7, 11) is 0. The number of hydrogen-bond acceptors (Lipinski definition) is 4. The summed E-state index contributed by atoms with van der Waals surface area (Å²) in [5, 5.41) is 3.39. The van der Waals surface area contributed by atoms with Crippen molar-refractivity contribution in [1.82, 2.24) is 5.32 Å². The molecule has 1 unspecified atom stereocenters. The number of nitrogens with one attached hydrogen (secondary N) is 1. The van der Waals surface area contributed by atoms with Crippen LogP contribution in [0.5, 0.6) is 0 Å². The Morgan fingerprint density at radius 2 is 2.33 bits per heavy atom. The first-order chi connectivity index (χ1) is 9.99. The van der Waals surface area contributed by atoms with Crippen LogP contribution in [0.1, 0.15) is 19.4 Å². The largest absolute Gasteiger partial charge is 0.377 e. The van der Waals surface area contributed by atoms with Crippen molar-refractivity contribution in [2.75, 3.05) is 24.7 Å². The number of hydrogen-bond donors (Lipinski definition) is 2. The van der Waals surface area contributed by atoms with Crippen LogP contribution in [-0.2, 0) is 16.1 Å². The molecule has 116 valence electrons. The minimum atomic E-state index is -0.408. The number of amides is 1. The van der Waals surface area contributed by atoms with Gasteiger partial charge in [0.15, 0.2) is 0 Å². The van der Waals surface area contributed by atoms with Gasteiger partial charge in [0, 0.05) is 23.6 Å². The molecule has 1 saturated heterocycles. The molecule has 2 rings (SSSR count). The Labute approximate surface area is 134 Å². The monoisotopic (exact) mass is 355 g/mol. The molecule has 1 atom stereocenters. The van der Waals surface area contributed by atoms with Crippen molar-refractivity contribution in [3.8, 4) is 0 Å². The number of benzene rings is 1. The van der Waals surface area contributed by atoms with Crippen molar-refractivity contribution in [2.45, 2.75) is 32.5 Å². The standard InChI is InChI=1S/C15H22BrN3O2/c1-10(2)18-8-11-3-4-13(12(16)7-11)19-5-6-21-9-14(19)15(17)20/h3-4,7,10,14,18H,5-6,8-9H2,1-2H3,(H2,17,20). The quantitative estimate of drug-likeness (QED) is 0.842. The first kappa shape index (κ1) is 16.3. The maximum absolute atomic E-state index is 11.6. The Balaban J connectivity index is 2.17. The third kappa shape index (κ3) is 4.18. The number of halogens is 1. The predicted molar refractivity (Wildman–Crippen MR) is 87.3 cm³/mol. The van der Waals surface area contributed by atoms with Crippen LogP contribution < -0.4 is 16.0 Å². The summed E-state index contributed by atoms with van der Waals surface area (Å²) in [5.41, 5.74) is 7.65. The van der Waals surface area contributed by atoms with Crippen LogP contribution >= 0.6 is 15.9 Å². The summed E-state index contributed by atoms with van der Waals surface area (Å²) in [6, 6.07) is 6.22. The van der Waals surface area contributed by atoms with Crippen molar-refractivity contribution >= 4 is 27.5 Å². The van der Waals surface area contributed by atoms with Crippen LogP contribution in [0.25, 0.3) is 0 Å². The molecule has 1 fully saturated rings. The van der Waals surface area contributed by atoms with Gasteiger partial charge in [0.05, 0.1) is 18.9 Å². The summed E-state index contributed by atoms with van der Waals surface area (Å²) in [5.74, 6) is -0.354. The van der Waals surface area contributed by atoms with Gasteiger partial charge in [-0.2, -0.15) is 0 Å². The number of ether oxygens (including phenoxy) is 1. The van der Waals surface area contributed by atoms with Crippen LogP contribution in [0.3, 0.4) is 0 Å². The second-order valence-corrected chi connectivity index (χ2v) is 6.36. The van der Waals surface area contributed by atoms with E-state index in [1.807, 2.05) is 11.0 Å². The molecule has 21 heavy (non-hydrogen) atoms. The van der Waals surface area contributed by atoms with E-state index in [4.69, 9.17) is 10.5 Å². The molecule has 1 aliphatic rings. The van der Waals surface area contributed by atoms with Gasteiger partial charge in [-0.05, 0) is 33.6 Å². The summed E-state index contributed by atoms with van der Waals surface area (Å²) in [6.07, 6.45) is 0. The Morgan fingerprint density at radius 3 is 2.95 bits per heavy atom. The zero-order valence-corrected chi connectivity index (χ0v) is 14.0. The van der Waals surface area contributed by atoms with Crippen molar-refractivity contribution < 1.29 is 9.53 Å². The number of rotatable bonds is 5. The Kier molecular flexibility index (Phi) is 5.61. The molecule has 0 spiro atoms. The van der Waals surface area contributed by atoms with E-state index in [0.717, 1.165) is 16.7 Å². The van der Waals surface area contributed by atoms with Crippen molar-refractivity contribution in [3.05, 3.63) is 28.2 Å². The molecule has 0 aliphatic carbocycles. The Hall–Kier alpha value is -1.11. The Morgan fingerprint density at radius 1 is 1.57 bits per heavy atom. The predicted octanol–water partition coefficient (Wildman–Crippen LogP) is 1.64. The molecular formula is C15H22BrN3O2. The highest BCUT2D eigenvalue weighted by Gasteiger charge is 2.28. The Bertz CT molecular complexity index is 508. The molecule has 3 N–H and O–H groups in total. The van der Waals surface area contributed by atoms with E-state index in [1.165, 1.54) is 5.56 Å². The van der Waals surface area contributed by atoms with Crippen LogP contribution in [0.2, 0.25) is 0 Å². The summed E-state index contributed by atoms with van der Waals surface area (Å²) in [6.45, 7) is 6.67. The average Bonchev–Trinajstić information content (AvgIpc) is 2.45. The zero-order chi connectivity index (χ0) is 15.4. The van der Waals surface area contributed by atoms with Gasteiger partial charge < -0.3 is 20.7 Å². The van der Waals surface area contributed by atoms with Crippen LogP contribution in [-0.4, -0.2) is 37.7 Å². The summed E-state index contributed by atoms with van der Waals surface area (Å²) in [4.78, 5) is 13.6. The lowest BCUT2D eigenvalue weighted by molar-refractivity contribution is -0.121. The van der Waals surface area contributed by atoms with Gasteiger partial charge in [-0.1, -0.05) is 19.9 Å². The molecule has 1 aromatic carbocycles. The molecule has 0 bridgehead atoms. The molecule has 1 aliphatic heterocycles. The van der Waals surface area contributed by atoms with Gasteiger partial charge in [0.25, 0.3) is 0 Å². The van der Waals surface area contributed by atoms with E-state index in [0.29, 0.717) is 25.8 Å². The first-order valence-electron chi connectivity index (χ1n) is 7.14. The van der Waals surface area contributed by atoms with Crippen LogP contribution in [0.15, 0.2) is 22.7 Å². The number of nitrogens with two attached hydrogens (primary N) is 1. The first-order valence-corrected chi connectivity index (χ1v) is 7.94. The topological polar surface area (TPSA) is 67.6 Å². The van der Waals surface area contributed by atoms with E-state index in [2.05, 4.69) is 47.2 Å².